The van der Waals surface area contributed by atoms with Crippen LogP contribution in [0.15, 0.2) is 23.1 Å². The van der Waals surface area contributed by atoms with Gasteiger partial charge in [-0.05, 0) is 24.6 Å². The van der Waals surface area contributed by atoms with Gasteiger partial charge in [-0.2, -0.15) is 0 Å². The highest BCUT2D eigenvalue weighted by Crippen LogP contribution is 2.22. The van der Waals surface area contributed by atoms with Gasteiger partial charge < -0.3 is 0 Å². The fourth-order valence-corrected chi connectivity index (χ4v) is 3.43. The number of aldehydes is 1. The molecule has 0 N–H and O–H groups in total. The molecule has 1 aromatic rings. The van der Waals surface area contributed by atoms with Gasteiger partial charge in [0.05, 0.1) is 5.75 Å². The van der Waals surface area contributed by atoms with E-state index in [1.165, 1.54) is 18.0 Å². The van der Waals surface area contributed by atoms with Crippen LogP contribution in [0, 0.1) is 6.92 Å². The fraction of sp³-hybridized carbons (Fsp3) is 0.364. The smallest absolute Gasteiger partial charge is 0.150 e. The summed E-state index contributed by atoms with van der Waals surface area (Å²) in [7, 11) is -2.90. The largest absolute Gasteiger partial charge is 0.298 e. The Balaban J connectivity index is 2.65. The molecule has 0 aromatic heterocycles. The summed E-state index contributed by atoms with van der Waals surface area (Å²) in [6.07, 6.45) is 2.04. The maximum Gasteiger partial charge on any atom is 0.150 e. The Kier molecular flexibility index (Phi) is 4.56. The van der Waals surface area contributed by atoms with Crippen LogP contribution in [-0.4, -0.2) is 32.5 Å². The second-order valence-electron chi connectivity index (χ2n) is 3.62. The summed E-state index contributed by atoms with van der Waals surface area (Å²) in [6.45, 7) is 1.91. The van der Waals surface area contributed by atoms with Crippen LogP contribution in [0.4, 0.5) is 0 Å². The summed E-state index contributed by atoms with van der Waals surface area (Å²) in [5, 5.41) is 0. The number of sulfone groups is 1. The molecule has 0 atom stereocenters. The van der Waals surface area contributed by atoms with Crippen LogP contribution in [-0.2, 0) is 9.84 Å². The normalized spacial score (nSPS) is 11.4. The average molecular weight is 258 g/mol. The molecule has 88 valence electrons. The zero-order valence-corrected chi connectivity index (χ0v) is 10.9. The monoisotopic (exact) mass is 258 g/mol. The van der Waals surface area contributed by atoms with Crippen LogP contribution >= 0.6 is 11.8 Å². The van der Waals surface area contributed by atoms with E-state index >= 15 is 0 Å². The predicted molar refractivity (Wildman–Crippen MR) is 67.0 cm³/mol. The molecule has 0 aliphatic carbocycles. The molecular weight excluding hydrogens is 244 g/mol. The van der Waals surface area contributed by atoms with Gasteiger partial charge in [0.1, 0.15) is 16.1 Å². The Bertz CT molecular complexity index is 478. The lowest BCUT2D eigenvalue weighted by Gasteiger charge is -2.05. The molecule has 1 rings (SSSR count). The molecule has 0 saturated heterocycles. The van der Waals surface area contributed by atoms with Crippen molar-refractivity contribution in [2.75, 3.05) is 17.8 Å². The maximum atomic E-state index is 10.9. The van der Waals surface area contributed by atoms with Crippen molar-refractivity contribution in [1.29, 1.82) is 0 Å². The maximum absolute atomic E-state index is 10.9. The first-order valence-electron chi connectivity index (χ1n) is 4.79. The first-order chi connectivity index (χ1) is 7.42. The molecule has 0 aliphatic heterocycles. The zero-order valence-electron chi connectivity index (χ0n) is 9.26. The minimum absolute atomic E-state index is 0.173. The van der Waals surface area contributed by atoms with Crippen molar-refractivity contribution in [2.45, 2.75) is 11.8 Å². The van der Waals surface area contributed by atoms with Gasteiger partial charge in [-0.15, -0.1) is 11.8 Å². The van der Waals surface area contributed by atoms with E-state index in [2.05, 4.69) is 0 Å². The highest BCUT2D eigenvalue weighted by atomic mass is 32.2. The number of hydrogen-bond acceptors (Lipinski definition) is 4. The van der Waals surface area contributed by atoms with Gasteiger partial charge in [0, 0.05) is 22.5 Å². The quantitative estimate of drug-likeness (QED) is 0.598. The van der Waals surface area contributed by atoms with Crippen molar-refractivity contribution in [2.24, 2.45) is 0 Å². The van der Waals surface area contributed by atoms with E-state index < -0.39 is 9.84 Å². The van der Waals surface area contributed by atoms with E-state index in [1.807, 2.05) is 13.0 Å². The number of carbonyl (C=O) groups excluding carboxylic acids is 1. The lowest BCUT2D eigenvalue weighted by atomic mass is 10.2. The van der Waals surface area contributed by atoms with E-state index in [0.29, 0.717) is 11.3 Å². The topological polar surface area (TPSA) is 51.2 Å². The van der Waals surface area contributed by atoms with Crippen LogP contribution < -0.4 is 0 Å². The SMILES string of the molecule is Cc1cc(C=O)ccc1SCCS(C)(=O)=O. The predicted octanol–water partition coefficient (Wildman–Crippen LogP) is 1.94. The molecule has 3 nitrogen and oxygen atoms in total. The zero-order chi connectivity index (χ0) is 12.2. The van der Waals surface area contributed by atoms with E-state index in [4.69, 9.17) is 0 Å². The van der Waals surface area contributed by atoms with Gasteiger partial charge in [0.15, 0.2) is 0 Å². The summed E-state index contributed by atoms with van der Waals surface area (Å²) in [5.74, 6) is 0.715. The number of carbonyl (C=O) groups is 1. The third-order valence-corrected chi connectivity index (χ3v) is 4.43. The third kappa shape index (κ3) is 4.37. The number of benzene rings is 1. The third-order valence-electron chi connectivity index (χ3n) is 2.05. The lowest BCUT2D eigenvalue weighted by molar-refractivity contribution is 0.112. The molecular formula is C11H14O3S2. The highest BCUT2D eigenvalue weighted by Gasteiger charge is 2.04. The first-order valence-corrected chi connectivity index (χ1v) is 7.83. The molecule has 0 radical (unpaired) electrons. The van der Waals surface area contributed by atoms with Gasteiger partial charge in [0.2, 0.25) is 0 Å². The van der Waals surface area contributed by atoms with Crippen LogP contribution in [0.2, 0.25) is 0 Å². The van der Waals surface area contributed by atoms with Crippen LogP contribution in [0.5, 0.6) is 0 Å². The van der Waals surface area contributed by atoms with E-state index in [1.54, 1.807) is 12.1 Å². The first kappa shape index (κ1) is 13.3. The van der Waals surface area contributed by atoms with Crippen molar-refractivity contribution in [3.05, 3.63) is 29.3 Å². The minimum Gasteiger partial charge on any atom is -0.298 e. The number of thioether (sulfide) groups is 1. The molecule has 16 heavy (non-hydrogen) atoms. The van der Waals surface area contributed by atoms with Crippen molar-refractivity contribution >= 4 is 27.9 Å². The Morgan fingerprint density at radius 3 is 2.56 bits per heavy atom. The molecule has 0 bridgehead atoms. The van der Waals surface area contributed by atoms with Gasteiger partial charge >= 0.3 is 0 Å². The van der Waals surface area contributed by atoms with Crippen LogP contribution in [0.1, 0.15) is 15.9 Å². The number of hydrogen-bond donors (Lipinski definition) is 0. The summed E-state index contributed by atoms with van der Waals surface area (Å²) < 4.78 is 21.9. The molecule has 0 aliphatic rings. The standard InChI is InChI=1S/C11H14O3S2/c1-9-7-10(8-12)3-4-11(9)15-5-6-16(2,13)14/h3-4,7-8H,5-6H2,1-2H3. The molecule has 1 aromatic carbocycles. The average Bonchev–Trinajstić information content (AvgIpc) is 2.18. The minimum atomic E-state index is -2.90. The second kappa shape index (κ2) is 5.50. The van der Waals surface area contributed by atoms with Crippen molar-refractivity contribution in [3.63, 3.8) is 0 Å². The Morgan fingerprint density at radius 2 is 2.06 bits per heavy atom. The summed E-state index contributed by atoms with van der Waals surface area (Å²) in [6, 6.07) is 5.39. The van der Waals surface area contributed by atoms with Gasteiger partial charge in [-0.25, -0.2) is 8.42 Å². The molecule has 0 amide bonds. The van der Waals surface area contributed by atoms with Gasteiger partial charge in [0.25, 0.3) is 0 Å². The Hall–Kier alpha value is -0.810. The van der Waals surface area contributed by atoms with E-state index in [9.17, 15) is 13.2 Å². The van der Waals surface area contributed by atoms with Crippen molar-refractivity contribution < 1.29 is 13.2 Å². The number of aryl methyl sites for hydroxylation is 1. The van der Waals surface area contributed by atoms with Crippen molar-refractivity contribution in [1.82, 2.24) is 0 Å². The Labute approximate surface area is 100 Å². The Morgan fingerprint density at radius 1 is 1.38 bits per heavy atom. The molecule has 0 heterocycles. The van der Waals surface area contributed by atoms with Gasteiger partial charge in [-0.3, -0.25) is 4.79 Å². The van der Waals surface area contributed by atoms with E-state index in [0.717, 1.165) is 16.7 Å². The van der Waals surface area contributed by atoms with Gasteiger partial charge in [-0.1, -0.05) is 6.07 Å². The highest BCUT2D eigenvalue weighted by molar-refractivity contribution is 8.00. The molecule has 0 fully saturated rings. The molecule has 0 unspecified atom stereocenters. The summed E-state index contributed by atoms with van der Waals surface area (Å²) >= 11 is 1.50. The fourth-order valence-electron chi connectivity index (χ4n) is 1.21. The summed E-state index contributed by atoms with van der Waals surface area (Å²) in [5.41, 5.74) is 1.65. The van der Waals surface area contributed by atoms with Crippen LogP contribution in [0.3, 0.4) is 0 Å². The molecule has 0 saturated carbocycles. The lowest BCUT2D eigenvalue weighted by Crippen LogP contribution is -2.05. The van der Waals surface area contributed by atoms with Crippen molar-refractivity contribution in [3.8, 4) is 0 Å². The summed E-state index contributed by atoms with van der Waals surface area (Å²) in [4.78, 5) is 11.6. The van der Waals surface area contributed by atoms with E-state index in [-0.39, 0.29) is 5.75 Å². The second-order valence-corrected chi connectivity index (χ2v) is 7.02. The number of rotatable bonds is 5. The van der Waals surface area contributed by atoms with Crippen LogP contribution in [0.25, 0.3) is 0 Å². The molecule has 0 spiro atoms. The molecule has 5 heteroatoms.